The number of nitrogens with one attached hydrogen (secondary N) is 1. The number of carboxylic acid groups (broad SMARTS) is 1. The highest BCUT2D eigenvalue weighted by molar-refractivity contribution is 7.98. The van der Waals surface area contributed by atoms with Crippen LogP contribution >= 0.6 is 11.8 Å². The Morgan fingerprint density at radius 3 is 2.89 bits per heavy atom. The zero-order chi connectivity index (χ0) is 13.8. The molecule has 0 radical (unpaired) electrons. The summed E-state index contributed by atoms with van der Waals surface area (Å²) in [6.07, 6.45) is 2.18. The Bertz CT molecular complexity index is 473. The minimum absolute atomic E-state index is 0.284. The van der Waals surface area contributed by atoms with E-state index in [2.05, 4.69) is 20.8 Å². The number of carboxylic acids is 1. The van der Waals surface area contributed by atoms with Gasteiger partial charge in [0.1, 0.15) is 6.04 Å². The highest BCUT2D eigenvalue weighted by Gasteiger charge is 2.27. The first-order valence-electron chi connectivity index (χ1n) is 5.92. The van der Waals surface area contributed by atoms with Gasteiger partial charge in [-0.3, -0.25) is 4.79 Å². The molecule has 1 aliphatic rings. The van der Waals surface area contributed by atoms with Gasteiger partial charge in [0.15, 0.2) is 5.82 Å². The Morgan fingerprint density at radius 2 is 2.32 bits per heavy atom. The molecule has 9 heteroatoms. The second kappa shape index (κ2) is 6.00. The third-order valence-electron chi connectivity index (χ3n) is 2.64. The third-order valence-corrected chi connectivity index (χ3v) is 3.68. The van der Waals surface area contributed by atoms with Gasteiger partial charge in [0, 0.05) is 12.7 Å². The largest absolute Gasteiger partial charge is 0.480 e. The number of aliphatic carboxylic acids is 1. The van der Waals surface area contributed by atoms with Crippen molar-refractivity contribution in [2.75, 3.05) is 5.75 Å². The third kappa shape index (κ3) is 3.91. The summed E-state index contributed by atoms with van der Waals surface area (Å²) >= 11 is 1.39. The van der Waals surface area contributed by atoms with Gasteiger partial charge in [0.2, 0.25) is 5.91 Å². The molecule has 1 fully saturated rings. The Morgan fingerprint density at radius 1 is 1.58 bits per heavy atom. The van der Waals surface area contributed by atoms with E-state index in [0.717, 1.165) is 18.7 Å². The Balaban J connectivity index is 1.82. The average molecular weight is 285 g/mol. The van der Waals surface area contributed by atoms with Crippen molar-refractivity contribution in [3.05, 3.63) is 5.82 Å². The summed E-state index contributed by atoms with van der Waals surface area (Å²) in [5.41, 5.74) is 0. The summed E-state index contributed by atoms with van der Waals surface area (Å²) in [5, 5.41) is 22.8. The molecule has 8 nitrogen and oxygen atoms in total. The SMILES string of the molecule is CC(=O)N[C@@H](CSCc1nnnn1C1CC1)C(=O)O. The van der Waals surface area contributed by atoms with E-state index >= 15 is 0 Å². The van der Waals surface area contributed by atoms with Crippen LogP contribution in [0.4, 0.5) is 0 Å². The number of hydrogen-bond acceptors (Lipinski definition) is 6. The second-order valence-electron chi connectivity index (χ2n) is 4.38. The van der Waals surface area contributed by atoms with E-state index < -0.39 is 12.0 Å². The molecule has 0 aromatic carbocycles. The smallest absolute Gasteiger partial charge is 0.327 e. The molecule has 0 bridgehead atoms. The Kier molecular flexibility index (Phi) is 4.35. The van der Waals surface area contributed by atoms with Crippen molar-refractivity contribution in [1.82, 2.24) is 25.5 Å². The van der Waals surface area contributed by atoms with Crippen LogP contribution in [0, 0.1) is 0 Å². The summed E-state index contributed by atoms with van der Waals surface area (Å²) in [6, 6.07) is -0.482. The van der Waals surface area contributed by atoms with Crippen molar-refractivity contribution in [2.45, 2.75) is 37.6 Å². The fourth-order valence-electron chi connectivity index (χ4n) is 1.60. The van der Waals surface area contributed by atoms with E-state index in [1.807, 2.05) is 0 Å². The number of hydrogen-bond donors (Lipinski definition) is 2. The number of nitrogens with zero attached hydrogens (tertiary/aromatic N) is 4. The molecular weight excluding hydrogens is 270 g/mol. The fraction of sp³-hybridized carbons (Fsp3) is 0.700. The van der Waals surface area contributed by atoms with Crippen molar-refractivity contribution in [2.24, 2.45) is 0 Å². The molecule has 0 aliphatic heterocycles. The zero-order valence-corrected chi connectivity index (χ0v) is 11.3. The highest BCUT2D eigenvalue weighted by Crippen LogP contribution is 2.34. The summed E-state index contributed by atoms with van der Waals surface area (Å²) < 4.78 is 1.79. The van der Waals surface area contributed by atoms with Crippen LogP contribution in [0.5, 0.6) is 0 Å². The minimum Gasteiger partial charge on any atom is -0.480 e. The maximum Gasteiger partial charge on any atom is 0.327 e. The fourth-order valence-corrected chi connectivity index (χ4v) is 2.55. The van der Waals surface area contributed by atoms with E-state index in [-0.39, 0.29) is 11.7 Å². The molecule has 1 aromatic heterocycles. The number of carbonyl (C=O) groups excluding carboxylic acids is 1. The van der Waals surface area contributed by atoms with Crippen molar-refractivity contribution in [3.63, 3.8) is 0 Å². The molecule has 0 spiro atoms. The van der Waals surface area contributed by atoms with Crippen molar-refractivity contribution in [3.8, 4) is 0 Å². The maximum absolute atomic E-state index is 10.9. The van der Waals surface area contributed by atoms with Crippen LogP contribution in [0.2, 0.25) is 0 Å². The summed E-state index contributed by atoms with van der Waals surface area (Å²) in [7, 11) is 0. The van der Waals surface area contributed by atoms with E-state index in [1.54, 1.807) is 4.68 Å². The number of thioether (sulfide) groups is 1. The van der Waals surface area contributed by atoms with Crippen LogP contribution in [0.15, 0.2) is 0 Å². The zero-order valence-electron chi connectivity index (χ0n) is 10.4. The van der Waals surface area contributed by atoms with Crippen molar-refractivity contribution >= 4 is 23.6 Å². The predicted molar refractivity (Wildman–Crippen MR) is 67.5 cm³/mol. The van der Waals surface area contributed by atoms with Gasteiger partial charge in [-0.25, -0.2) is 9.48 Å². The normalized spacial score (nSPS) is 16.1. The molecule has 0 unspecified atom stereocenters. The average Bonchev–Trinajstić information content (AvgIpc) is 3.07. The van der Waals surface area contributed by atoms with E-state index in [0.29, 0.717) is 11.8 Å². The van der Waals surface area contributed by atoms with E-state index in [4.69, 9.17) is 5.11 Å². The van der Waals surface area contributed by atoms with E-state index in [9.17, 15) is 9.59 Å². The number of tetrazole rings is 1. The Hall–Kier alpha value is -1.64. The topological polar surface area (TPSA) is 110 Å². The molecule has 2 N–H and O–H groups in total. The van der Waals surface area contributed by atoms with Gasteiger partial charge < -0.3 is 10.4 Å². The van der Waals surface area contributed by atoms with Crippen molar-refractivity contribution in [1.29, 1.82) is 0 Å². The van der Waals surface area contributed by atoms with Crippen LogP contribution in [-0.2, 0) is 15.3 Å². The summed E-state index contributed by atoms with van der Waals surface area (Å²) in [5.74, 6) is 0.180. The molecule has 104 valence electrons. The van der Waals surface area contributed by atoms with Gasteiger partial charge in [-0.2, -0.15) is 11.8 Å². The molecule has 1 amide bonds. The lowest BCUT2D eigenvalue weighted by atomic mass is 10.3. The summed E-state index contributed by atoms with van der Waals surface area (Å²) in [4.78, 5) is 21.8. The second-order valence-corrected chi connectivity index (χ2v) is 5.41. The van der Waals surface area contributed by atoms with Crippen LogP contribution in [0.3, 0.4) is 0 Å². The molecule has 19 heavy (non-hydrogen) atoms. The number of amides is 1. The lowest BCUT2D eigenvalue weighted by molar-refractivity contribution is -0.140. The van der Waals surface area contributed by atoms with Gasteiger partial charge in [0.25, 0.3) is 0 Å². The standard InChI is InChI=1S/C10H15N5O3S/c1-6(16)11-8(10(17)18)4-19-5-9-12-13-14-15(9)7-2-3-7/h7-8H,2-5H2,1H3,(H,11,16)(H,17,18)/t8-/m0/s1. The minimum atomic E-state index is -1.04. The number of aromatic nitrogens is 4. The van der Waals surface area contributed by atoms with Gasteiger partial charge in [-0.1, -0.05) is 0 Å². The van der Waals surface area contributed by atoms with E-state index in [1.165, 1.54) is 18.7 Å². The number of rotatable bonds is 7. The van der Waals surface area contributed by atoms with Crippen LogP contribution in [0.1, 0.15) is 31.6 Å². The number of carbonyl (C=O) groups is 2. The molecule has 1 heterocycles. The predicted octanol–water partition coefficient (Wildman–Crippen LogP) is -0.170. The van der Waals surface area contributed by atoms with Crippen LogP contribution in [0.25, 0.3) is 0 Å². The molecule has 1 aromatic rings. The molecule has 0 saturated heterocycles. The van der Waals surface area contributed by atoms with Crippen LogP contribution in [-0.4, -0.2) is 49.0 Å². The van der Waals surface area contributed by atoms with Gasteiger partial charge in [0.05, 0.1) is 11.8 Å². The summed E-state index contributed by atoms with van der Waals surface area (Å²) in [6.45, 7) is 1.30. The highest BCUT2D eigenvalue weighted by atomic mass is 32.2. The van der Waals surface area contributed by atoms with Gasteiger partial charge in [-0.15, -0.1) is 5.10 Å². The molecule has 1 aliphatic carbocycles. The first-order chi connectivity index (χ1) is 9.08. The Labute approximate surface area is 113 Å². The quantitative estimate of drug-likeness (QED) is 0.715. The molecule has 2 rings (SSSR count). The van der Waals surface area contributed by atoms with Crippen LogP contribution < -0.4 is 5.32 Å². The van der Waals surface area contributed by atoms with Gasteiger partial charge >= 0.3 is 5.97 Å². The first kappa shape index (κ1) is 13.8. The monoisotopic (exact) mass is 285 g/mol. The van der Waals surface area contributed by atoms with Gasteiger partial charge in [-0.05, 0) is 23.3 Å². The molecule has 1 atom stereocenters. The lowest BCUT2D eigenvalue weighted by Crippen LogP contribution is -2.41. The molecular formula is C10H15N5O3S. The van der Waals surface area contributed by atoms with Crippen molar-refractivity contribution < 1.29 is 14.7 Å². The lowest BCUT2D eigenvalue weighted by Gasteiger charge is -2.12. The molecule has 1 saturated carbocycles. The maximum atomic E-state index is 10.9. The first-order valence-corrected chi connectivity index (χ1v) is 7.07.